The number of hydrogen-bond donors (Lipinski definition) is 0. The van der Waals surface area contributed by atoms with Gasteiger partial charge in [0, 0.05) is 43.6 Å². The van der Waals surface area contributed by atoms with Gasteiger partial charge in [0.05, 0.1) is 31.6 Å². The third-order valence-corrected chi connectivity index (χ3v) is 5.06. The predicted molar refractivity (Wildman–Crippen MR) is 78.9 cm³/mol. The summed E-state index contributed by atoms with van der Waals surface area (Å²) in [4.78, 5) is 12.7. The number of rotatable bonds is 3. The molecule has 2 aliphatic heterocycles. The minimum absolute atomic E-state index is 0.169. The van der Waals surface area contributed by atoms with Crippen LogP contribution in [0, 0.1) is 10.1 Å². The van der Waals surface area contributed by atoms with Crippen LogP contribution in [0.1, 0.15) is 19.3 Å². The smallest absolute Gasteiger partial charge is 0.269 e. The first-order chi connectivity index (χ1) is 9.58. The Morgan fingerprint density at radius 1 is 1.25 bits per heavy atom. The summed E-state index contributed by atoms with van der Waals surface area (Å²) < 4.78 is 1.21. The van der Waals surface area contributed by atoms with Gasteiger partial charge in [-0.05, 0) is 12.1 Å². The third kappa shape index (κ3) is 2.38. The Labute approximate surface area is 119 Å². The first-order valence-corrected chi connectivity index (χ1v) is 7.42. The minimum atomic E-state index is -0.340. The fourth-order valence-corrected chi connectivity index (χ4v) is 3.69. The Morgan fingerprint density at radius 3 is 2.50 bits per heavy atom. The van der Waals surface area contributed by atoms with Crippen molar-refractivity contribution in [1.82, 2.24) is 0 Å². The highest BCUT2D eigenvalue weighted by atomic mass is 16.6. The minimum Gasteiger partial charge on any atom is -0.365 e. The number of anilines is 1. The second kappa shape index (κ2) is 5.05. The Morgan fingerprint density at radius 2 is 1.90 bits per heavy atom. The Balaban J connectivity index is 1.69. The lowest BCUT2D eigenvalue weighted by atomic mass is 10.2. The van der Waals surface area contributed by atoms with Gasteiger partial charge in [-0.2, -0.15) is 0 Å². The van der Waals surface area contributed by atoms with Gasteiger partial charge in [0.25, 0.3) is 5.69 Å². The number of hydrogen-bond acceptors (Lipinski definition) is 3. The Bertz CT molecular complexity index is 494. The number of likely N-dealkylation sites (N-methyl/N-ethyl adjacent to an activating group) is 1. The quantitative estimate of drug-likeness (QED) is 0.484. The number of nitro benzene ring substituents is 1. The number of benzene rings is 1. The van der Waals surface area contributed by atoms with Gasteiger partial charge in [0.1, 0.15) is 6.04 Å². The number of nitro groups is 1. The van der Waals surface area contributed by atoms with Gasteiger partial charge in [0.15, 0.2) is 0 Å². The van der Waals surface area contributed by atoms with E-state index in [1.165, 1.54) is 36.8 Å². The normalized spacial score (nSPS) is 25.1. The van der Waals surface area contributed by atoms with Crippen molar-refractivity contribution in [1.29, 1.82) is 0 Å². The first-order valence-electron chi connectivity index (χ1n) is 7.42. The van der Waals surface area contributed by atoms with E-state index in [1.807, 2.05) is 12.1 Å². The van der Waals surface area contributed by atoms with E-state index in [0.29, 0.717) is 6.04 Å². The predicted octanol–water partition coefficient (Wildman–Crippen LogP) is 2.41. The summed E-state index contributed by atoms with van der Waals surface area (Å²) in [5.74, 6) is 0. The van der Waals surface area contributed by atoms with Crippen molar-refractivity contribution in [2.75, 3.05) is 38.1 Å². The second-order valence-electron chi connectivity index (χ2n) is 6.30. The molecule has 2 heterocycles. The number of likely N-dealkylation sites (tertiary alicyclic amines) is 1. The summed E-state index contributed by atoms with van der Waals surface area (Å²) in [7, 11) is 2.39. The van der Waals surface area contributed by atoms with Crippen molar-refractivity contribution >= 4 is 11.4 Å². The maximum atomic E-state index is 10.7. The van der Waals surface area contributed by atoms with Gasteiger partial charge in [-0.1, -0.05) is 0 Å². The fourth-order valence-electron chi connectivity index (χ4n) is 3.69. The Kier molecular flexibility index (Phi) is 3.38. The molecule has 1 aromatic rings. The molecule has 5 nitrogen and oxygen atoms in total. The highest BCUT2D eigenvalue weighted by Gasteiger charge is 2.40. The third-order valence-electron chi connectivity index (χ3n) is 5.06. The van der Waals surface area contributed by atoms with E-state index in [-0.39, 0.29) is 10.6 Å². The van der Waals surface area contributed by atoms with Crippen molar-refractivity contribution in [3.05, 3.63) is 34.4 Å². The molecular weight excluding hydrogens is 254 g/mol. The SMILES string of the molecule is C[N+]1(C2CCN(c3ccc([N+](=O)[O-])cc3)C2)CCCC1. The zero-order valence-corrected chi connectivity index (χ0v) is 12.0. The van der Waals surface area contributed by atoms with Crippen LogP contribution >= 0.6 is 0 Å². The molecule has 0 aromatic heterocycles. The lowest BCUT2D eigenvalue weighted by Crippen LogP contribution is -2.51. The lowest BCUT2D eigenvalue weighted by molar-refractivity contribution is -0.919. The van der Waals surface area contributed by atoms with Crippen LogP contribution in [0.4, 0.5) is 11.4 Å². The van der Waals surface area contributed by atoms with Crippen molar-refractivity contribution in [2.24, 2.45) is 0 Å². The number of non-ortho nitro benzene ring substituents is 1. The molecular formula is C15H22N3O2+. The van der Waals surface area contributed by atoms with Crippen LogP contribution < -0.4 is 4.90 Å². The molecule has 1 atom stereocenters. The second-order valence-corrected chi connectivity index (χ2v) is 6.30. The van der Waals surface area contributed by atoms with Crippen LogP contribution in [0.3, 0.4) is 0 Å². The van der Waals surface area contributed by atoms with Crippen LogP contribution in [0.2, 0.25) is 0 Å². The highest BCUT2D eigenvalue weighted by molar-refractivity contribution is 5.51. The Hall–Kier alpha value is -1.62. The van der Waals surface area contributed by atoms with Crippen LogP contribution in [-0.4, -0.2) is 48.7 Å². The van der Waals surface area contributed by atoms with E-state index >= 15 is 0 Å². The zero-order valence-electron chi connectivity index (χ0n) is 12.0. The lowest BCUT2D eigenvalue weighted by Gasteiger charge is -2.35. The zero-order chi connectivity index (χ0) is 14.2. The molecule has 2 aliphatic rings. The average molecular weight is 276 g/mol. The molecule has 0 amide bonds. The van der Waals surface area contributed by atoms with Crippen molar-refractivity contribution in [3.63, 3.8) is 0 Å². The summed E-state index contributed by atoms with van der Waals surface area (Å²) in [6.07, 6.45) is 3.93. The van der Waals surface area contributed by atoms with Crippen LogP contribution in [0.5, 0.6) is 0 Å². The van der Waals surface area contributed by atoms with E-state index in [9.17, 15) is 10.1 Å². The van der Waals surface area contributed by atoms with E-state index in [4.69, 9.17) is 0 Å². The van der Waals surface area contributed by atoms with E-state index in [1.54, 1.807) is 12.1 Å². The standard InChI is InChI=1S/C15H22N3O2/c1-18(10-2-3-11-18)15-8-9-16(12-15)13-4-6-14(7-5-13)17(19)20/h4-7,15H,2-3,8-12H2,1H3/q+1. The van der Waals surface area contributed by atoms with Gasteiger partial charge in [-0.25, -0.2) is 0 Å². The summed E-state index contributed by atoms with van der Waals surface area (Å²) in [5.41, 5.74) is 1.28. The average Bonchev–Trinajstić information content (AvgIpc) is 3.08. The summed E-state index contributed by atoms with van der Waals surface area (Å²) >= 11 is 0. The van der Waals surface area contributed by atoms with Crippen molar-refractivity contribution in [2.45, 2.75) is 25.3 Å². The van der Waals surface area contributed by atoms with E-state index < -0.39 is 0 Å². The van der Waals surface area contributed by atoms with Crippen molar-refractivity contribution < 1.29 is 9.41 Å². The molecule has 0 aliphatic carbocycles. The van der Waals surface area contributed by atoms with Gasteiger partial charge >= 0.3 is 0 Å². The van der Waals surface area contributed by atoms with Gasteiger partial charge < -0.3 is 9.38 Å². The molecule has 0 N–H and O–H groups in total. The van der Waals surface area contributed by atoms with Gasteiger partial charge in [-0.15, -0.1) is 0 Å². The molecule has 5 heteroatoms. The first kappa shape index (κ1) is 13.4. The molecule has 0 saturated carbocycles. The molecule has 108 valence electrons. The van der Waals surface area contributed by atoms with Gasteiger partial charge in [0.2, 0.25) is 0 Å². The molecule has 20 heavy (non-hydrogen) atoms. The maximum Gasteiger partial charge on any atom is 0.269 e. The largest absolute Gasteiger partial charge is 0.365 e. The maximum absolute atomic E-state index is 10.7. The van der Waals surface area contributed by atoms with E-state index in [0.717, 1.165) is 18.8 Å². The monoisotopic (exact) mass is 276 g/mol. The van der Waals surface area contributed by atoms with Crippen LogP contribution in [-0.2, 0) is 0 Å². The van der Waals surface area contributed by atoms with Crippen molar-refractivity contribution in [3.8, 4) is 0 Å². The highest BCUT2D eigenvalue weighted by Crippen LogP contribution is 2.30. The summed E-state index contributed by atoms with van der Waals surface area (Å²) in [6, 6.07) is 7.69. The summed E-state index contributed by atoms with van der Waals surface area (Å²) in [5, 5.41) is 10.7. The molecule has 1 aromatic carbocycles. The summed E-state index contributed by atoms with van der Waals surface area (Å²) in [6.45, 7) is 4.75. The molecule has 0 spiro atoms. The van der Waals surface area contributed by atoms with Crippen LogP contribution in [0.15, 0.2) is 24.3 Å². The molecule has 3 rings (SSSR count). The number of nitrogens with zero attached hydrogens (tertiary/aromatic N) is 3. The molecule has 0 bridgehead atoms. The topological polar surface area (TPSA) is 46.4 Å². The van der Waals surface area contributed by atoms with Crippen LogP contribution in [0.25, 0.3) is 0 Å². The molecule has 2 saturated heterocycles. The molecule has 1 unspecified atom stereocenters. The van der Waals surface area contributed by atoms with E-state index in [2.05, 4.69) is 11.9 Å². The fraction of sp³-hybridized carbons (Fsp3) is 0.600. The van der Waals surface area contributed by atoms with Gasteiger partial charge in [-0.3, -0.25) is 10.1 Å². The molecule has 0 radical (unpaired) electrons. The number of quaternary nitrogens is 1. The molecule has 2 fully saturated rings.